The fraction of sp³-hybridized carbons (Fsp3) is 0.263. The zero-order valence-electron chi connectivity index (χ0n) is 13.9. The van der Waals surface area contributed by atoms with Crippen molar-refractivity contribution in [1.29, 1.82) is 0 Å². The summed E-state index contributed by atoms with van der Waals surface area (Å²) in [6.07, 6.45) is 0.396. The van der Waals surface area contributed by atoms with Crippen molar-refractivity contribution in [2.24, 2.45) is 0 Å². The highest BCUT2D eigenvalue weighted by atomic mass is 32.2. The van der Waals surface area contributed by atoms with Gasteiger partial charge in [0.1, 0.15) is 11.2 Å². The van der Waals surface area contributed by atoms with Crippen molar-refractivity contribution in [2.45, 2.75) is 18.0 Å². The first-order valence-electron chi connectivity index (χ1n) is 8.05. The van der Waals surface area contributed by atoms with Gasteiger partial charge < -0.3 is 10.1 Å². The number of carbonyl (C=O) groups excluding carboxylic acids is 2. The van der Waals surface area contributed by atoms with Crippen molar-refractivity contribution in [3.05, 3.63) is 65.7 Å². The molecule has 1 fully saturated rings. The Morgan fingerprint density at radius 1 is 1.16 bits per heavy atom. The molecule has 25 heavy (non-hydrogen) atoms. The van der Waals surface area contributed by atoms with Crippen molar-refractivity contribution in [3.63, 3.8) is 0 Å². The number of ether oxygens (including phenoxy) is 1. The summed E-state index contributed by atoms with van der Waals surface area (Å²) in [7, 11) is 1.59. The molecule has 2 aromatic rings. The molecule has 0 aromatic heterocycles. The van der Waals surface area contributed by atoms with Crippen LogP contribution in [0.1, 0.15) is 28.4 Å². The van der Waals surface area contributed by atoms with Crippen LogP contribution in [0.5, 0.6) is 5.75 Å². The zero-order chi connectivity index (χ0) is 17.6. The molecule has 2 N–H and O–H groups in total. The van der Waals surface area contributed by atoms with Crippen LogP contribution in [0.15, 0.2) is 54.6 Å². The number of ketones is 1. The van der Waals surface area contributed by atoms with E-state index in [1.54, 1.807) is 31.4 Å². The second-order valence-electron chi connectivity index (χ2n) is 5.74. The number of hydrogen-bond donors (Lipinski definition) is 2. The highest BCUT2D eigenvalue weighted by Gasteiger charge is 2.27. The van der Waals surface area contributed by atoms with Gasteiger partial charge in [-0.2, -0.15) is 0 Å². The third kappa shape index (κ3) is 4.61. The van der Waals surface area contributed by atoms with Gasteiger partial charge >= 0.3 is 0 Å². The molecule has 2 unspecified atom stereocenters. The monoisotopic (exact) mass is 356 g/mol. The van der Waals surface area contributed by atoms with Crippen molar-refractivity contribution in [2.75, 3.05) is 12.9 Å². The molecule has 0 bridgehead atoms. The van der Waals surface area contributed by atoms with Gasteiger partial charge in [-0.15, -0.1) is 11.8 Å². The van der Waals surface area contributed by atoms with Gasteiger partial charge in [-0.05, 0) is 29.8 Å². The van der Waals surface area contributed by atoms with E-state index in [0.717, 1.165) is 11.3 Å². The average molecular weight is 356 g/mol. The summed E-state index contributed by atoms with van der Waals surface area (Å²) in [6.45, 7) is 0. The minimum Gasteiger partial charge on any atom is -0.497 e. The second kappa shape index (κ2) is 8.18. The number of carbonyl (C=O) groups is 2. The highest BCUT2D eigenvalue weighted by molar-refractivity contribution is 8.00. The van der Waals surface area contributed by atoms with E-state index in [9.17, 15) is 9.59 Å². The number of amides is 1. The Labute approximate surface area is 151 Å². The summed E-state index contributed by atoms with van der Waals surface area (Å²) in [4.78, 5) is 24.3. The number of Topliss-reactive ketones (excluding diaryl/α,β-unsaturated/α-hetero) is 1. The number of nitrogens with one attached hydrogen (secondary N) is 2. The second-order valence-corrected chi connectivity index (χ2v) is 6.84. The maximum absolute atomic E-state index is 12.3. The third-order valence-electron chi connectivity index (χ3n) is 4.03. The van der Waals surface area contributed by atoms with Crippen LogP contribution in [-0.4, -0.2) is 30.1 Å². The number of benzene rings is 2. The molecule has 0 spiro atoms. The van der Waals surface area contributed by atoms with Crippen molar-refractivity contribution in [1.82, 2.24) is 10.6 Å². The van der Waals surface area contributed by atoms with E-state index in [4.69, 9.17) is 4.74 Å². The average Bonchev–Trinajstić information content (AvgIpc) is 2.66. The topological polar surface area (TPSA) is 67.4 Å². The summed E-state index contributed by atoms with van der Waals surface area (Å²) >= 11 is 1.39. The van der Waals surface area contributed by atoms with Crippen molar-refractivity contribution in [3.8, 4) is 5.75 Å². The summed E-state index contributed by atoms with van der Waals surface area (Å²) in [5.41, 5.74) is 1.42. The van der Waals surface area contributed by atoms with Gasteiger partial charge in [0.05, 0.1) is 12.9 Å². The molecule has 2 aromatic carbocycles. The molecular formula is C19H20N2O3S. The molecule has 6 heteroatoms. The van der Waals surface area contributed by atoms with E-state index in [2.05, 4.69) is 10.6 Å². The van der Waals surface area contributed by atoms with Crippen LogP contribution in [0.4, 0.5) is 0 Å². The van der Waals surface area contributed by atoms with Crippen LogP contribution in [0.25, 0.3) is 0 Å². The largest absolute Gasteiger partial charge is 0.497 e. The summed E-state index contributed by atoms with van der Waals surface area (Å²) in [6, 6.07) is 16.9. The maximum atomic E-state index is 12.3. The molecule has 3 rings (SSSR count). The predicted octanol–water partition coefficient (Wildman–Crippen LogP) is 2.75. The lowest BCUT2D eigenvalue weighted by Gasteiger charge is -2.31. The molecular weight excluding hydrogens is 336 g/mol. The lowest BCUT2D eigenvalue weighted by Crippen LogP contribution is -2.51. The van der Waals surface area contributed by atoms with Crippen LogP contribution in [0, 0.1) is 0 Å². The highest BCUT2D eigenvalue weighted by Crippen LogP contribution is 2.23. The molecule has 1 aliphatic heterocycles. The van der Waals surface area contributed by atoms with Gasteiger partial charge in [0.25, 0.3) is 0 Å². The smallest absolute Gasteiger partial charge is 0.223 e. The molecule has 1 aliphatic rings. The standard InChI is InChI=1S/C19H20N2O3S/c1-24-15-9-7-14(8-10-15)17(22)12-25-19-20-16(11-18(23)21-19)13-5-3-2-4-6-13/h2-10,16,19-20H,11-12H2,1H3,(H,21,23). The first-order chi connectivity index (χ1) is 12.2. The quantitative estimate of drug-likeness (QED) is 0.779. The predicted molar refractivity (Wildman–Crippen MR) is 98.6 cm³/mol. The van der Waals surface area contributed by atoms with E-state index >= 15 is 0 Å². The number of hydrogen-bond acceptors (Lipinski definition) is 5. The molecule has 0 saturated carbocycles. The number of rotatable bonds is 6. The first-order valence-corrected chi connectivity index (χ1v) is 9.10. The minimum absolute atomic E-state index is 0.0120. The molecule has 0 aliphatic carbocycles. The SMILES string of the molecule is COc1ccc(C(=O)CSC2NC(=O)CC(c3ccccc3)N2)cc1. The Morgan fingerprint density at radius 2 is 1.88 bits per heavy atom. The van der Waals surface area contributed by atoms with E-state index < -0.39 is 0 Å². The summed E-state index contributed by atoms with van der Waals surface area (Å²) < 4.78 is 5.10. The Morgan fingerprint density at radius 3 is 2.56 bits per heavy atom. The van der Waals surface area contributed by atoms with Gasteiger partial charge in [0.2, 0.25) is 5.91 Å². The van der Waals surface area contributed by atoms with Gasteiger partial charge in [-0.3, -0.25) is 14.9 Å². The molecule has 5 nitrogen and oxygen atoms in total. The zero-order valence-corrected chi connectivity index (χ0v) is 14.7. The lowest BCUT2D eigenvalue weighted by atomic mass is 10.0. The van der Waals surface area contributed by atoms with Crippen LogP contribution >= 0.6 is 11.8 Å². The van der Waals surface area contributed by atoms with Gasteiger partial charge in [0.15, 0.2) is 5.78 Å². The Kier molecular flexibility index (Phi) is 5.73. The Hall–Kier alpha value is -2.31. The minimum atomic E-state index is -0.284. The first kappa shape index (κ1) is 17.5. The molecule has 1 heterocycles. The van der Waals surface area contributed by atoms with Crippen LogP contribution < -0.4 is 15.4 Å². The summed E-state index contributed by atoms with van der Waals surface area (Å²) in [5, 5.41) is 6.27. The van der Waals surface area contributed by atoms with Crippen LogP contribution in [0.2, 0.25) is 0 Å². The molecule has 1 saturated heterocycles. The van der Waals surface area contributed by atoms with Crippen LogP contribution in [-0.2, 0) is 4.79 Å². The third-order valence-corrected chi connectivity index (χ3v) is 5.05. The van der Waals surface area contributed by atoms with E-state index in [-0.39, 0.29) is 29.0 Å². The summed E-state index contributed by atoms with van der Waals surface area (Å²) in [5.74, 6) is 1.01. The van der Waals surface area contributed by atoms with Crippen molar-refractivity contribution >= 4 is 23.5 Å². The molecule has 2 atom stereocenters. The lowest BCUT2D eigenvalue weighted by molar-refractivity contribution is -0.123. The number of thioether (sulfide) groups is 1. The Balaban J connectivity index is 1.58. The van der Waals surface area contributed by atoms with E-state index in [1.165, 1.54) is 11.8 Å². The van der Waals surface area contributed by atoms with E-state index in [0.29, 0.717) is 12.0 Å². The van der Waals surface area contributed by atoms with E-state index in [1.807, 2.05) is 30.3 Å². The number of methoxy groups -OCH3 is 1. The fourth-order valence-corrected chi connectivity index (χ4v) is 3.64. The van der Waals surface area contributed by atoms with Gasteiger partial charge in [-0.25, -0.2) is 0 Å². The van der Waals surface area contributed by atoms with Crippen LogP contribution in [0.3, 0.4) is 0 Å². The van der Waals surface area contributed by atoms with Gasteiger partial charge in [-0.1, -0.05) is 30.3 Å². The maximum Gasteiger partial charge on any atom is 0.223 e. The molecule has 130 valence electrons. The fourth-order valence-electron chi connectivity index (χ4n) is 2.68. The Bertz CT molecular complexity index is 734. The molecule has 0 radical (unpaired) electrons. The van der Waals surface area contributed by atoms with Crippen molar-refractivity contribution < 1.29 is 14.3 Å². The van der Waals surface area contributed by atoms with Gasteiger partial charge in [0, 0.05) is 18.0 Å². The normalized spacial score (nSPS) is 20.0. The molecule has 1 amide bonds.